The Morgan fingerprint density at radius 2 is 1.87 bits per heavy atom. The Balaban J connectivity index is 2.26. The van der Waals surface area contributed by atoms with Gasteiger partial charge in [0, 0.05) is 23.5 Å². The predicted octanol–water partition coefficient (Wildman–Crippen LogP) is 3.75. The van der Waals surface area contributed by atoms with Crippen LogP contribution >= 0.6 is 11.6 Å². The summed E-state index contributed by atoms with van der Waals surface area (Å²) in [5, 5.41) is 12.3. The number of esters is 1. The molecule has 1 aliphatic heterocycles. The largest absolute Gasteiger partial charge is 0.464 e. The summed E-state index contributed by atoms with van der Waals surface area (Å²) in [7, 11) is 0. The monoisotopic (exact) mass is 441 g/mol. The molecule has 8 heteroatoms. The average molecular weight is 442 g/mol. The van der Waals surface area contributed by atoms with E-state index in [4.69, 9.17) is 25.8 Å². The maximum atomic E-state index is 12.7. The third kappa shape index (κ3) is 5.86. The summed E-state index contributed by atoms with van der Waals surface area (Å²) < 4.78 is 16.0. The number of aliphatic hydroxyl groups is 1. The van der Waals surface area contributed by atoms with E-state index in [0.717, 1.165) is 0 Å². The molecule has 0 saturated carbocycles. The van der Waals surface area contributed by atoms with Crippen molar-refractivity contribution in [2.45, 2.75) is 52.2 Å². The van der Waals surface area contributed by atoms with Gasteiger partial charge in [-0.25, -0.2) is 9.59 Å². The molecule has 1 heterocycles. The Kier molecular flexibility index (Phi) is 7.77. The number of carbonyl (C=O) groups excluding carboxylic acids is 2. The van der Waals surface area contributed by atoms with Gasteiger partial charge in [0.1, 0.15) is 17.8 Å². The Hall–Kier alpha value is -1.83. The maximum absolute atomic E-state index is 12.7. The number of hydrogen-bond acceptors (Lipinski definition) is 6. The molecule has 0 spiro atoms. The Morgan fingerprint density at radius 3 is 2.43 bits per heavy atom. The van der Waals surface area contributed by atoms with E-state index in [1.54, 1.807) is 56.9 Å². The van der Waals surface area contributed by atoms with Crippen molar-refractivity contribution >= 4 is 23.7 Å². The van der Waals surface area contributed by atoms with Gasteiger partial charge < -0.3 is 24.2 Å². The highest BCUT2D eigenvalue weighted by atomic mass is 35.5. The average Bonchev–Trinajstić information content (AvgIpc) is 2.63. The summed E-state index contributed by atoms with van der Waals surface area (Å²) in [5.41, 5.74) is -2.14. The zero-order valence-electron chi connectivity index (χ0n) is 18.4. The molecular formula is C22H32ClNO6. The summed E-state index contributed by atoms with van der Waals surface area (Å²) in [6, 6.07) is 6.98. The second-order valence-corrected chi connectivity index (χ2v) is 9.31. The molecule has 2 atom stereocenters. The first-order valence-corrected chi connectivity index (χ1v) is 10.5. The van der Waals surface area contributed by atoms with Gasteiger partial charge in [0.2, 0.25) is 0 Å². The van der Waals surface area contributed by atoms with E-state index < -0.39 is 28.7 Å². The number of piperidine rings is 1. The van der Waals surface area contributed by atoms with Gasteiger partial charge in [-0.1, -0.05) is 30.7 Å². The fourth-order valence-electron chi connectivity index (χ4n) is 3.66. The summed E-state index contributed by atoms with van der Waals surface area (Å²) in [4.78, 5) is 25.9. The van der Waals surface area contributed by atoms with Crippen LogP contribution in [0.1, 0.15) is 46.6 Å². The summed E-state index contributed by atoms with van der Waals surface area (Å²) in [6.07, 6.45) is -0.162. The molecule has 1 aliphatic rings. The van der Waals surface area contributed by atoms with Crippen LogP contribution in [0.15, 0.2) is 24.3 Å². The first kappa shape index (κ1) is 24.4. The highest BCUT2D eigenvalue weighted by Crippen LogP contribution is 2.47. The van der Waals surface area contributed by atoms with Crippen molar-refractivity contribution < 1.29 is 28.9 Å². The van der Waals surface area contributed by atoms with Gasteiger partial charge in [-0.15, -0.1) is 0 Å². The Morgan fingerprint density at radius 1 is 1.23 bits per heavy atom. The molecule has 1 N–H and O–H groups in total. The van der Waals surface area contributed by atoms with Gasteiger partial charge in [-0.2, -0.15) is 0 Å². The summed E-state index contributed by atoms with van der Waals surface area (Å²) >= 11 is 6.01. The van der Waals surface area contributed by atoms with E-state index in [1.807, 2.05) is 6.92 Å². The second kappa shape index (κ2) is 9.54. The molecule has 7 nitrogen and oxygen atoms in total. The lowest BCUT2D eigenvalue weighted by atomic mass is 9.65. The molecule has 0 aromatic heterocycles. The molecular weight excluding hydrogens is 410 g/mol. The molecule has 1 saturated heterocycles. The number of carbonyl (C=O) groups is 2. The number of amides is 1. The van der Waals surface area contributed by atoms with E-state index in [2.05, 4.69) is 0 Å². The molecule has 0 radical (unpaired) electrons. The number of rotatable bonds is 6. The van der Waals surface area contributed by atoms with Crippen LogP contribution in [-0.2, 0) is 24.6 Å². The molecule has 1 fully saturated rings. The van der Waals surface area contributed by atoms with Crippen molar-refractivity contribution in [3.63, 3.8) is 0 Å². The van der Waals surface area contributed by atoms with Crippen molar-refractivity contribution in [2.24, 2.45) is 5.41 Å². The SMILES string of the molecule is CCOC(=O)COCC1(C)CN(C(=O)OC(C)(C)C)CCC1(O)c1ccc(Cl)cc1. The minimum Gasteiger partial charge on any atom is -0.464 e. The first-order chi connectivity index (χ1) is 13.9. The first-order valence-electron chi connectivity index (χ1n) is 10.1. The number of benzene rings is 1. The van der Waals surface area contributed by atoms with Gasteiger partial charge >= 0.3 is 12.1 Å². The van der Waals surface area contributed by atoms with Crippen LogP contribution in [0, 0.1) is 5.41 Å². The van der Waals surface area contributed by atoms with Crippen molar-refractivity contribution in [3.05, 3.63) is 34.9 Å². The van der Waals surface area contributed by atoms with Crippen LogP contribution < -0.4 is 0 Å². The van der Waals surface area contributed by atoms with Gasteiger partial charge in [0.25, 0.3) is 0 Å². The van der Waals surface area contributed by atoms with E-state index in [9.17, 15) is 14.7 Å². The van der Waals surface area contributed by atoms with Crippen LogP contribution in [0.5, 0.6) is 0 Å². The number of likely N-dealkylation sites (tertiary alicyclic amines) is 1. The summed E-state index contributed by atoms with van der Waals surface area (Å²) in [5.74, 6) is -0.476. The Bertz CT molecular complexity index is 747. The molecule has 30 heavy (non-hydrogen) atoms. The van der Waals surface area contributed by atoms with Crippen LogP contribution in [0.25, 0.3) is 0 Å². The fraction of sp³-hybridized carbons (Fsp3) is 0.636. The molecule has 2 unspecified atom stereocenters. The number of ether oxygens (including phenoxy) is 3. The van der Waals surface area contributed by atoms with E-state index in [1.165, 1.54) is 0 Å². The van der Waals surface area contributed by atoms with E-state index in [0.29, 0.717) is 17.1 Å². The Labute approximate surface area is 183 Å². The molecule has 1 amide bonds. The highest BCUT2D eigenvalue weighted by Gasteiger charge is 2.53. The minimum atomic E-state index is -1.29. The zero-order chi connectivity index (χ0) is 22.6. The third-order valence-electron chi connectivity index (χ3n) is 5.20. The minimum absolute atomic E-state index is 0.0459. The molecule has 0 aliphatic carbocycles. The molecule has 1 aromatic carbocycles. The van der Waals surface area contributed by atoms with Crippen LogP contribution in [0.4, 0.5) is 4.79 Å². The van der Waals surface area contributed by atoms with Crippen molar-refractivity contribution in [1.82, 2.24) is 4.90 Å². The molecule has 1 aromatic rings. The van der Waals surface area contributed by atoms with Crippen LogP contribution in [0.3, 0.4) is 0 Å². The van der Waals surface area contributed by atoms with Crippen LogP contribution in [0.2, 0.25) is 5.02 Å². The number of halogens is 1. The predicted molar refractivity (Wildman–Crippen MR) is 113 cm³/mol. The van der Waals surface area contributed by atoms with Gasteiger partial charge in [-0.05, 0) is 51.8 Å². The normalized spacial score (nSPS) is 24.4. The highest BCUT2D eigenvalue weighted by molar-refractivity contribution is 6.30. The number of nitrogens with zero attached hydrogens (tertiary/aromatic N) is 1. The molecule has 0 bridgehead atoms. The second-order valence-electron chi connectivity index (χ2n) is 8.88. The third-order valence-corrected chi connectivity index (χ3v) is 5.45. The van der Waals surface area contributed by atoms with Gasteiger partial charge in [-0.3, -0.25) is 0 Å². The van der Waals surface area contributed by atoms with Crippen molar-refractivity contribution in [1.29, 1.82) is 0 Å². The van der Waals surface area contributed by atoms with Crippen molar-refractivity contribution in [3.8, 4) is 0 Å². The zero-order valence-corrected chi connectivity index (χ0v) is 19.1. The smallest absolute Gasteiger partial charge is 0.410 e. The standard InChI is InChI=1S/C22H32ClNO6/c1-6-29-18(25)13-28-15-21(5)14-24(19(26)30-20(2,3)4)12-11-22(21,27)16-7-9-17(23)10-8-16/h7-10,27H,6,11-15H2,1-5H3. The molecule has 168 valence electrons. The maximum Gasteiger partial charge on any atom is 0.410 e. The number of hydrogen-bond donors (Lipinski definition) is 1. The summed E-state index contributed by atoms with van der Waals surface area (Å²) in [6.45, 7) is 9.58. The topological polar surface area (TPSA) is 85.3 Å². The fourth-order valence-corrected chi connectivity index (χ4v) is 3.78. The lowest BCUT2D eigenvalue weighted by Gasteiger charge is -2.51. The van der Waals surface area contributed by atoms with E-state index in [-0.39, 0.29) is 32.8 Å². The van der Waals surface area contributed by atoms with Crippen LogP contribution in [-0.4, -0.2) is 60.6 Å². The lowest BCUT2D eigenvalue weighted by molar-refractivity contribution is -0.169. The quantitative estimate of drug-likeness (QED) is 0.676. The van der Waals surface area contributed by atoms with Gasteiger partial charge in [0.15, 0.2) is 0 Å². The van der Waals surface area contributed by atoms with E-state index >= 15 is 0 Å². The van der Waals surface area contributed by atoms with Crippen molar-refractivity contribution in [2.75, 3.05) is 32.9 Å². The van der Waals surface area contributed by atoms with Gasteiger partial charge in [0.05, 0.1) is 13.2 Å². The molecule has 2 rings (SSSR count). The lowest BCUT2D eigenvalue weighted by Crippen LogP contribution is -2.60.